The average Bonchev–Trinajstić information content (AvgIpc) is 3.01. The molecule has 2 aromatic heterocycles. The molecule has 1 aromatic carbocycles. The number of hydrogen-bond acceptors (Lipinski definition) is 4. The van der Waals surface area contributed by atoms with E-state index in [0.717, 1.165) is 0 Å². The topological polar surface area (TPSA) is 54.9 Å². The quantitative estimate of drug-likeness (QED) is 0.788. The standard InChI is InChI=1S/C16H11F2N3OS/c1-9-12(17)6-11(7-13(9)18)14-8-23-16(20-14)21-15(22)10-2-4-19-5-3-10/h2-8H,1H3,(H,20,21,22). The fraction of sp³-hybridized carbons (Fsp3) is 0.0625. The van der Waals surface area contributed by atoms with Crippen molar-refractivity contribution in [3.8, 4) is 11.3 Å². The van der Waals surface area contributed by atoms with E-state index < -0.39 is 11.6 Å². The average molecular weight is 331 g/mol. The van der Waals surface area contributed by atoms with Crippen LogP contribution in [0.2, 0.25) is 0 Å². The highest BCUT2D eigenvalue weighted by molar-refractivity contribution is 7.14. The van der Waals surface area contributed by atoms with Gasteiger partial charge in [-0.25, -0.2) is 13.8 Å². The van der Waals surface area contributed by atoms with Crippen molar-refractivity contribution in [2.75, 3.05) is 5.32 Å². The van der Waals surface area contributed by atoms with E-state index in [4.69, 9.17) is 0 Å². The summed E-state index contributed by atoms with van der Waals surface area (Å²) in [6, 6.07) is 5.60. The second-order valence-electron chi connectivity index (χ2n) is 4.79. The molecular weight excluding hydrogens is 320 g/mol. The first-order valence-electron chi connectivity index (χ1n) is 6.67. The van der Waals surface area contributed by atoms with Crippen molar-refractivity contribution in [2.45, 2.75) is 6.92 Å². The van der Waals surface area contributed by atoms with Gasteiger partial charge in [0.05, 0.1) is 5.69 Å². The van der Waals surface area contributed by atoms with Gasteiger partial charge in [-0.15, -0.1) is 11.3 Å². The molecule has 0 spiro atoms. The maximum Gasteiger partial charge on any atom is 0.257 e. The number of thiazole rings is 1. The third-order valence-corrected chi connectivity index (χ3v) is 4.00. The number of anilines is 1. The zero-order valence-electron chi connectivity index (χ0n) is 12.0. The van der Waals surface area contributed by atoms with Crippen molar-refractivity contribution in [1.29, 1.82) is 0 Å². The van der Waals surface area contributed by atoms with Crippen molar-refractivity contribution in [3.05, 3.63) is 64.8 Å². The number of aromatic nitrogens is 2. The minimum Gasteiger partial charge on any atom is -0.298 e. The van der Waals surface area contributed by atoms with Gasteiger partial charge in [-0.3, -0.25) is 15.1 Å². The maximum absolute atomic E-state index is 13.6. The minimum absolute atomic E-state index is 0.0322. The van der Waals surface area contributed by atoms with Crippen molar-refractivity contribution >= 4 is 22.4 Å². The van der Waals surface area contributed by atoms with Gasteiger partial charge in [0, 0.05) is 34.5 Å². The Balaban J connectivity index is 1.82. The monoisotopic (exact) mass is 331 g/mol. The van der Waals surface area contributed by atoms with Crippen LogP contribution in [0.15, 0.2) is 42.0 Å². The predicted octanol–water partition coefficient (Wildman–Crippen LogP) is 4.04. The molecule has 0 aliphatic rings. The van der Waals surface area contributed by atoms with Crippen LogP contribution in [0.4, 0.5) is 13.9 Å². The summed E-state index contributed by atoms with van der Waals surface area (Å²) in [4.78, 5) is 20.1. The normalized spacial score (nSPS) is 10.6. The lowest BCUT2D eigenvalue weighted by Crippen LogP contribution is -2.11. The molecule has 3 rings (SSSR count). The van der Waals surface area contributed by atoms with E-state index in [0.29, 0.717) is 22.0 Å². The van der Waals surface area contributed by atoms with Crippen molar-refractivity contribution < 1.29 is 13.6 Å². The van der Waals surface area contributed by atoms with Gasteiger partial charge < -0.3 is 0 Å². The van der Waals surface area contributed by atoms with Crippen LogP contribution in [0, 0.1) is 18.6 Å². The molecule has 0 radical (unpaired) electrons. The molecule has 1 N–H and O–H groups in total. The zero-order valence-corrected chi connectivity index (χ0v) is 12.8. The van der Waals surface area contributed by atoms with Gasteiger partial charge in [0.15, 0.2) is 5.13 Å². The third kappa shape index (κ3) is 3.24. The van der Waals surface area contributed by atoms with E-state index >= 15 is 0 Å². The second-order valence-corrected chi connectivity index (χ2v) is 5.65. The van der Waals surface area contributed by atoms with Crippen LogP contribution in [-0.4, -0.2) is 15.9 Å². The molecule has 0 unspecified atom stereocenters. The van der Waals surface area contributed by atoms with E-state index in [-0.39, 0.29) is 11.5 Å². The number of carbonyl (C=O) groups excluding carboxylic acids is 1. The number of halogens is 2. The first-order chi connectivity index (χ1) is 11.0. The van der Waals surface area contributed by atoms with Crippen LogP contribution < -0.4 is 5.32 Å². The van der Waals surface area contributed by atoms with E-state index in [9.17, 15) is 13.6 Å². The minimum atomic E-state index is -0.629. The summed E-state index contributed by atoms with van der Waals surface area (Å²) in [7, 11) is 0. The third-order valence-electron chi connectivity index (χ3n) is 3.24. The molecule has 0 saturated heterocycles. The molecule has 4 nitrogen and oxygen atoms in total. The van der Waals surface area contributed by atoms with E-state index in [1.807, 2.05) is 0 Å². The van der Waals surface area contributed by atoms with Gasteiger partial charge in [0.25, 0.3) is 5.91 Å². The van der Waals surface area contributed by atoms with Gasteiger partial charge in [-0.1, -0.05) is 0 Å². The number of nitrogens with one attached hydrogen (secondary N) is 1. The van der Waals surface area contributed by atoms with Gasteiger partial charge in [-0.2, -0.15) is 0 Å². The molecule has 0 atom stereocenters. The first-order valence-corrected chi connectivity index (χ1v) is 7.55. The summed E-state index contributed by atoms with van der Waals surface area (Å²) < 4.78 is 27.2. The Labute approximate surface area is 134 Å². The number of pyridine rings is 1. The van der Waals surface area contributed by atoms with Crippen LogP contribution in [0.3, 0.4) is 0 Å². The lowest BCUT2D eigenvalue weighted by atomic mass is 10.1. The fourth-order valence-corrected chi connectivity index (χ4v) is 2.64. The lowest BCUT2D eigenvalue weighted by Gasteiger charge is -2.03. The zero-order chi connectivity index (χ0) is 16.4. The molecule has 0 bridgehead atoms. The van der Waals surface area contributed by atoms with Gasteiger partial charge >= 0.3 is 0 Å². The summed E-state index contributed by atoms with van der Waals surface area (Å²) in [5, 5.41) is 4.62. The number of hydrogen-bond donors (Lipinski definition) is 1. The summed E-state index contributed by atoms with van der Waals surface area (Å²) in [5.41, 5.74) is 1.14. The fourth-order valence-electron chi connectivity index (χ4n) is 1.93. The summed E-state index contributed by atoms with van der Waals surface area (Å²) >= 11 is 1.18. The number of benzene rings is 1. The highest BCUT2D eigenvalue weighted by atomic mass is 32.1. The molecule has 2 heterocycles. The molecule has 3 aromatic rings. The predicted molar refractivity (Wildman–Crippen MR) is 84.4 cm³/mol. The van der Waals surface area contributed by atoms with E-state index in [1.54, 1.807) is 17.5 Å². The van der Waals surface area contributed by atoms with E-state index in [2.05, 4.69) is 15.3 Å². The Hall–Kier alpha value is -2.67. The SMILES string of the molecule is Cc1c(F)cc(-c2csc(NC(=O)c3ccncc3)n2)cc1F. The van der Waals surface area contributed by atoms with Crippen molar-refractivity contribution in [2.24, 2.45) is 0 Å². The summed E-state index contributed by atoms with van der Waals surface area (Å²) in [5.74, 6) is -1.58. The number of rotatable bonds is 3. The van der Waals surface area contributed by atoms with Crippen LogP contribution in [-0.2, 0) is 0 Å². The molecule has 23 heavy (non-hydrogen) atoms. The molecule has 0 saturated carbocycles. The number of amides is 1. The van der Waals surface area contributed by atoms with Gasteiger partial charge in [0.1, 0.15) is 11.6 Å². The van der Waals surface area contributed by atoms with Gasteiger partial charge in [0.2, 0.25) is 0 Å². The molecule has 7 heteroatoms. The largest absolute Gasteiger partial charge is 0.298 e. The molecular formula is C16H11F2N3OS. The van der Waals surface area contributed by atoms with Crippen molar-refractivity contribution in [3.63, 3.8) is 0 Å². The molecule has 0 aliphatic carbocycles. The number of carbonyl (C=O) groups is 1. The smallest absolute Gasteiger partial charge is 0.257 e. The summed E-state index contributed by atoms with van der Waals surface area (Å²) in [6.07, 6.45) is 3.03. The Bertz CT molecular complexity index is 842. The molecule has 116 valence electrons. The Morgan fingerprint density at radius 2 is 1.83 bits per heavy atom. The molecule has 0 fully saturated rings. The highest BCUT2D eigenvalue weighted by Crippen LogP contribution is 2.27. The molecule has 0 aliphatic heterocycles. The highest BCUT2D eigenvalue weighted by Gasteiger charge is 2.13. The first kappa shape index (κ1) is 15.2. The second kappa shape index (κ2) is 6.21. The Kier molecular flexibility index (Phi) is 4.12. The van der Waals surface area contributed by atoms with Crippen LogP contribution in [0.25, 0.3) is 11.3 Å². The van der Waals surface area contributed by atoms with Crippen molar-refractivity contribution in [1.82, 2.24) is 9.97 Å². The van der Waals surface area contributed by atoms with Crippen LogP contribution in [0.5, 0.6) is 0 Å². The maximum atomic E-state index is 13.6. The van der Waals surface area contributed by atoms with E-state index in [1.165, 1.54) is 42.8 Å². The van der Waals surface area contributed by atoms with Crippen LogP contribution >= 0.6 is 11.3 Å². The Morgan fingerprint density at radius 3 is 2.48 bits per heavy atom. The summed E-state index contributed by atoms with van der Waals surface area (Å²) in [6.45, 7) is 1.37. The van der Waals surface area contributed by atoms with Crippen LogP contribution in [0.1, 0.15) is 15.9 Å². The molecule has 1 amide bonds. The lowest BCUT2D eigenvalue weighted by molar-refractivity contribution is 0.102. The van der Waals surface area contributed by atoms with Gasteiger partial charge in [-0.05, 0) is 31.2 Å². The number of nitrogens with zero attached hydrogens (tertiary/aromatic N) is 2. The Morgan fingerprint density at radius 1 is 1.17 bits per heavy atom.